The van der Waals surface area contributed by atoms with Crippen LogP contribution in [0.25, 0.3) is 10.9 Å². The number of rotatable bonds is 3. The number of nitrogens with two attached hydrogens (primary N) is 1. The maximum atomic E-state index is 15.7. The minimum Gasteiger partial charge on any atom is -0.477 e. The van der Waals surface area contributed by atoms with E-state index in [1.165, 1.54) is 17.7 Å². The van der Waals surface area contributed by atoms with Crippen molar-refractivity contribution in [3.63, 3.8) is 0 Å². The van der Waals surface area contributed by atoms with Gasteiger partial charge in [0.05, 0.1) is 10.9 Å². The second-order valence-electron chi connectivity index (χ2n) is 8.49. The number of halogens is 2. The van der Waals surface area contributed by atoms with Crippen molar-refractivity contribution in [2.75, 3.05) is 18.0 Å². The Balaban J connectivity index is 1.81. The first-order valence-corrected chi connectivity index (χ1v) is 9.55. The van der Waals surface area contributed by atoms with Gasteiger partial charge in [-0.15, -0.1) is 0 Å². The molecule has 1 atom stereocenters. The molecule has 6 nitrogen and oxygen atoms in total. The molecule has 148 valence electrons. The van der Waals surface area contributed by atoms with Crippen molar-refractivity contribution in [3.8, 4) is 0 Å². The normalized spacial score (nSPS) is 23.0. The number of aromatic nitrogens is 1. The van der Waals surface area contributed by atoms with Crippen LogP contribution in [0.3, 0.4) is 0 Å². The number of anilines is 1. The van der Waals surface area contributed by atoms with Crippen LogP contribution in [0, 0.1) is 24.0 Å². The summed E-state index contributed by atoms with van der Waals surface area (Å²) in [5.41, 5.74) is 4.67. The van der Waals surface area contributed by atoms with E-state index in [1.54, 1.807) is 4.90 Å². The lowest BCUT2D eigenvalue weighted by Gasteiger charge is -2.24. The number of carboxylic acid groups (broad SMARTS) is 1. The third-order valence-electron chi connectivity index (χ3n) is 6.65. The second kappa shape index (κ2) is 5.53. The summed E-state index contributed by atoms with van der Waals surface area (Å²) in [6.45, 7) is 2.27. The first kappa shape index (κ1) is 17.6. The number of benzene rings is 1. The van der Waals surface area contributed by atoms with Gasteiger partial charge in [0, 0.05) is 42.3 Å². The number of hydrogen-bond donors (Lipinski definition) is 2. The van der Waals surface area contributed by atoms with Crippen molar-refractivity contribution in [2.45, 2.75) is 44.7 Å². The molecule has 1 aliphatic heterocycles. The van der Waals surface area contributed by atoms with Crippen LogP contribution >= 0.6 is 0 Å². The van der Waals surface area contributed by atoms with E-state index in [0.717, 1.165) is 25.7 Å². The van der Waals surface area contributed by atoms with Crippen molar-refractivity contribution in [1.82, 2.24) is 4.57 Å². The molecule has 2 heterocycles. The third-order valence-corrected chi connectivity index (χ3v) is 6.65. The Labute approximate surface area is 159 Å². The zero-order valence-corrected chi connectivity index (χ0v) is 15.5. The van der Waals surface area contributed by atoms with E-state index in [4.69, 9.17) is 5.73 Å². The van der Waals surface area contributed by atoms with Crippen LogP contribution in [0.1, 0.15) is 47.6 Å². The molecular formula is C20H21F2N3O3. The van der Waals surface area contributed by atoms with E-state index in [-0.39, 0.29) is 39.7 Å². The molecule has 28 heavy (non-hydrogen) atoms. The first-order chi connectivity index (χ1) is 13.2. The molecule has 1 saturated heterocycles. The molecule has 2 aliphatic carbocycles. The van der Waals surface area contributed by atoms with Crippen molar-refractivity contribution < 1.29 is 18.7 Å². The monoisotopic (exact) mass is 389 g/mol. The summed E-state index contributed by atoms with van der Waals surface area (Å²) in [5.74, 6) is -3.01. The number of carboxylic acids is 1. The van der Waals surface area contributed by atoms with E-state index in [1.807, 2.05) is 0 Å². The summed E-state index contributed by atoms with van der Waals surface area (Å²) in [4.78, 5) is 25.9. The molecule has 5 rings (SSSR count). The molecule has 2 saturated carbocycles. The summed E-state index contributed by atoms with van der Waals surface area (Å²) in [7, 11) is 0. The molecule has 2 aromatic rings. The van der Waals surface area contributed by atoms with Crippen LogP contribution in [0.15, 0.2) is 11.0 Å². The van der Waals surface area contributed by atoms with E-state index in [2.05, 4.69) is 0 Å². The Hall–Kier alpha value is -2.48. The van der Waals surface area contributed by atoms with Crippen molar-refractivity contribution >= 4 is 22.6 Å². The average Bonchev–Trinajstić information content (AvgIpc) is 3.53. The standard InChI is InChI=1S/C20H21F2N3O3/c1-9-13-16(25(10-2-3-10)6-11(18(13)26)19(27)28)15(22)17(14(9)21)24-7-12(23)20(8-24)4-5-20/h6,10,12H,2-5,7-8,23H2,1H3,(H,27,28)/t12-/m1/s1. The van der Waals surface area contributed by atoms with Crippen LogP contribution in [0.4, 0.5) is 14.5 Å². The lowest BCUT2D eigenvalue weighted by Crippen LogP contribution is -2.31. The van der Waals surface area contributed by atoms with Crippen LogP contribution in [0.2, 0.25) is 0 Å². The highest BCUT2D eigenvalue weighted by atomic mass is 19.1. The van der Waals surface area contributed by atoms with Gasteiger partial charge in [0.25, 0.3) is 0 Å². The van der Waals surface area contributed by atoms with Gasteiger partial charge in [-0.1, -0.05) is 0 Å². The average molecular weight is 389 g/mol. The van der Waals surface area contributed by atoms with Gasteiger partial charge in [-0.2, -0.15) is 0 Å². The molecule has 3 N–H and O–H groups in total. The maximum absolute atomic E-state index is 15.7. The Morgan fingerprint density at radius 2 is 1.96 bits per heavy atom. The summed E-state index contributed by atoms with van der Waals surface area (Å²) in [6, 6.07) is -0.216. The maximum Gasteiger partial charge on any atom is 0.341 e. The van der Waals surface area contributed by atoms with Crippen LogP contribution in [-0.4, -0.2) is 34.8 Å². The molecule has 0 amide bonds. The summed E-state index contributed by atoms with van der Waals surface area (Å²) in [6.07, 6.45) is 4.64. The van der Waals surface area contributed by atoms with Gasteiger partial charge >= 0.3 is 5.97 Å². The van der Waals surface area contributed by atoms with E-state index in [0.29, 0.717) is 13.1 Å². The third kappa shape index (κ3) is 2.27. The van der Waals surface area contributed by atoms with Crippen molar-refractivity contribution in [2.24, 2.45) is 11.1 Å². The lowest BCUT2D eigenvalue weighted by atomic mass is 10.0. The van der Waals surface area contributed by atoms with Gasteiger partial charge in [-0.05, 0) is 32.6 Å². The van der Waals surface area contributed by atoms with E-state index >= 15 is 8.78 Å². The van der Waals surface area contributed by atoms with E-state index < -0.39 is 28.6 Å². The van der Waals surface area contributed by atoms with Gasteiger partial charge < -0.3 is 20.3 Å². The largest absolute Gasteiger partial charge is 0.477 e. The number of aromatic carboxylic acids is 1. The number of aryl methyl sites for hydroxylation is 1. The summed E-state index contributed by atoms with van der Waals surface area (Å²) >= 11 is 0. The fourth-order valence-corrected chi connectivity index (χ4v) is 4.62. The minimum absolute atomic E-state index is 0.00304. The number of fused-ring (bicyclic) bond motifs is 1. The molecule has 3 fully saturated rings. The Morgan fingerprint density at radius 3 is 2.50 bits per heavy atom. The SMILES string of the molecule is Cc1c(F)c(N2C[C@@H](N)C3(CC3)C2)c(F)c2c1c(=O)c(C(=O)O)cn2C1CC1. The Morgan fingerprint density at radius 1 is 1.29 bits per heavy atom. The van der Waals surface area contributed by atoms with Crippen LogP contribution in [-0.2, 0) is 0 Å². The molecular weight excluding hydrogens is 368 g/mol. The van der Waals surface area contributed by atoms with Gasteiger partial charge in [0.2, 0.25) is 5.43 Å². The minimum atomic E-state index is -1.40. The molecule has 3 aliphatic rings. The van der Waals surface area contributed by atoms with E-state index in [9.17, 15) is 14.7 Å². The van der Waals surface area contributed by atoms with Gasteiger partial charge in [0.1, 0.15) is 11.3 Å². The molecule has 1 aromatic heterocycles. The van der Waals surface area contributed by atoms with Gasteiger partial charge in [0.15, 0.2) is 11.6 Å². The zero-order valence-electron chi connectivity index (χ0n) is 15.5. The highest BCUT2D eigenvalue weighted by molar-refractivity contribution is 5.95. The van der Waals surface area contributed by atoms with Crippen LogP contribution < -0.4 is 16.1 Å². The lowest BCUT2D eigenvalue weighted by molar-refractivity contribution is 0.0695. The topological polar surface area (TPSA) is 88.6 Å². The Bertz CT molecular complexity index is 1100. The number of pyridine rings is 1. The molecule has 1 spiro atoms. The first-order valence-electron chi connectivity index (χ1n) is 9.55. The predicted molar refractivity (Wildman–Crippen MR) is 99.9 cm³/mol. The Kier molecular flexibility index (Phi) is 3.48. The van der Waals surface area contributed by atoms with Crippen molar-refractivity contribution in [3.05, 3.63) is 39.2 Å². The molecule has 0 bridgehead atoms. The summed E-state index contributed by atoms with van der Waals surface area (Å²) < 4.78 is 32.5. The smallest absolute Gasteiger partial charge is 0.341 e. The van der Waals surface area contributed by atoms with Gasteiger partial charge in [-0.25, -0.2) is 13.6 Å². The van der Waals surface area contributed by atoms with Gasteiger partial charge in [-0.3, -0.25) is 4.79 Å². The molecule has 1 aromatic carbocycles. The predicted octanol–water partition coefficient (Wildman–Crippen LogP) is 2.55. The zero-order chi connectivity index (χ0) is 20.0. The number of hydrogen-bond acceptors (Lipinski definition) is 4. The second-order valence-corrected chi connectivity index (χ2v) is 8.49. The highest BCUT2D eigenvalue weighted by Gasteiger charge is 2.54. The fourth-order valence-electron chi connectivity index (χ4n) is 4.62. The molecule has 0 unspecified atom stereocenters. The number of nitrogens with zero attached hydrogens (tertiary/aromatic N) is 2. The summed E-state index contributed by atoms with van der Waals surface area (Å²) in [5, 5.41) is 9.19. The van der Waals surface area contributed by atoms with Crippen LogP contribution in [0.5, 0.6) is 0 Å². The highest BCUT2D eigenvalue weighted by Crippen LogP contribution is 2.53. The molecule has 8 heteroatoms. The fraction of sp³-hybridized carbons (Fsp3) is 0.500. The molecule has 0 radical (unpaired) electrons. The quantitative estimate of drug-likeness (QED) is 0.842. The number of carbonyl (C=O) groups is 1. The van der Waals surface area contributed by atoms with Crippen molar-refractivity contribution in [1.29, 1.82) is 0 Å².